The fourth-order valence-electron chi connectivity index (χ4n) is 0.921. The highest BCUT2D eigenvalue weighted by Gasteiger charge is 2.04. The molecule has 0 spiro atoms. The molecule has 70 valence electrons. The monoisotopic (exact) mass is 181 g/mol. The average molecular weight is 181 g/mol. The lowest BCUT2D eigenvalue weighted by Crippen LogP contribution is -1.92. The summed E-state index contributed by atoms with van der Waals surface area (Å²) in [5.41, 5.74) is 0.0806. The van der Waals surface area contributed by atoms with E-state index in [2.05, 4.69) is 0 Å². The fraction of sp³-hybridized carbons (Fsp3) is 0.333. The summed E-state index contributed by atoms with van der Waals surface area (Å²) in [6.07, 6.45) is 2.21. The fourth-order valence-corrected chi connectivity index (χ4v) is 0.921. The quantitative estimate of drug-likeness (QED) is 0.531. The molecule has 0 bridgehead atoms. The predicted octanol–water partition coefficient (Wildman–Crippen LogP) is 2.48. The molecular weight excluding hydrogens is 170 g/mol. The first-order valence-electron chi connectivity index (χ1n) is 4.05. The zero-order chi connectivity index (χ0) is 9.84. The van der Waals surface area contributed by atoms with Crippen LogP contribution in [0, 0.1) is 10.1 Å². The van der Waals surface area contributed by atoms with Crippen LogP contribution in [-0.4, -0.2) is 4.92 Å². The van der Waals surface area contributed by atoms with Gasteiger partial charge in [0.25, 0.3) is 0 Å². The third-order valence-corrected chi connectivity index (χ3v) is 1.67. The van der Waals surface area contributed by atoms with Crippen LogP contribution in [0.1, 0.15) is 25.4 Å². The maximum atomic E-state index is 10.3. The van der Waals surface area contributed by atoms with Crippen LogP contribution >= 0.6 is 0 Å². The van der Waals surface area contributed by atoms with Crippen LogP contribution < -0.4 is 0 Å². The van der Waals surface area contributed by atoms with Crippen molar-refractivity contribution in [2.75, 3.05) is 0 Å². The summed E-state index contributed by atoms with van der Waals surface area (Å²) in [7, 11) is 0. The smallest absolute Gasteiger partial charge is 0.246 e. The Morgan fingerprint density at radius 3 is 2.85 bits per heavy atom. The van der Waals surface area contributed by atoms with E-state index in [9.17, 15) is 10.1 Å². The second kappa shape index (κ2) is 3.89. The number of allylic oxidation sites excluding steroid dienone is 1. The van der Waals surface area contributed by atoms with E-state index in [-0.39, 0.29) is 5.70 Å². The Kier molecular flexibility index (Phi) is 2.84. The second-order valence-corrected chi connectivity index (χ2v) is 2.70. The van der Waals surface area contributed by atoms with Crippen molar-refractivity contribution in [2.45, 2.75) is 20.3 Å². The molecule has 13 heavy (non-hydrogen) atoms. The van der Waals surface area contributed by atoms with Gasteiger partial charge in [-0.1, -0.05) is 6.92 Å². The molecule has 0 fully saturated rings. The van der Waals surface area contributed by atoms with Gasteiger partial charge in [-0.2, -0.15) is 0 Å². The lowest BCUT2D eigenvalue weighted by Gasteiger charge is -1.88. The van der Waals surface area contributed by atoms with E-state index < -0.39 is 4.92 Å². The van der Waals surface area contributed by atoms with E-state index in [1.165, 1.54) is 13.0 Å². The van der Waals surface area contributed by atoms with E-state index in [1.807, 2.05) is 13.0 Å². The van der Waals surface area contributed by atoms with Gasteiger partial charge in [-0.05, 0) is 12.1 Å². The van der Waals surface area contributed by atoms with Crippen LogP contribution in [-0.2, 0) is 6.42 Å². The van der Waals surface area contributed by atoms with Crippen LogP contribution in [0.5, 0.6) is 0 Å². The number of nitro groups is 1. The minimum absolute atomic E-state index is 0.0806. The minimum atomic E-state index is -0.436. The minimum Gasteiger partial charge on any atom is -0.461 e. The zero-order valence-electron chi connectivity index (χ0n) is 7.61. The maximum Gasteiger partial charge on any atom is 0.246 e. The van der Waals surface area contributed by atoms with E-state index in [0.717, 1.165) is 12.2 Å². The summed E-state index contributed by atoms with van der Waals surface area (Å²) in [5.74, 6) is 1.37. The highest BCUT2D eigenvalue weighted by Crippen LogP contribution is 2.12. The third-order valence-electron chi connectivity index (χ3n) is 1.67. The molecule has 0 aliphatic rings. The molecule has 0 N–H and O–H groups in total. The van der Waals surface area contributed by atoms with Crippen LogP contribution in [0.4, 0.5) is 0 Å². The van der Waals surface area contributed by atoms with E-state index in [1.54, 1.807) is 6.07 Å². The van der Waals surface area contributed by atoms with Crippen molar-refractivity contribution < 1.29 is 9.34 Å². The number of aryl methyl sites for hydroxylation is 1. The van der Waals surface area contributed by atoms with Gasteiger partial charge in [0.2, 0.25) is 5.70 Å². The molecule has 1 rings (SSSR count). The van der Waals surface area contributed by atoms with Crippen LogP contribution in [0.2, 0.25) is 0 Å². The summed E-state index contributed by atoms with van der Waals surface area (Å²) >= 11 is 0. The Bertz CT molecular complexity index is 338. The van der Waals surface area contributed by atoms with Gasteiger partial charge in [0.15, 0.2) is 0 Å². The lowest BCUT2D eigenvalue weighted by atomic mass is 10.3. The van der Waals surface area contributed by atoms with Crippen molar-refractivity contribution in [1.29, 1.82) is 0 Å². The topological polar surface area (TPSA) is 56.3 Å². The molecular formula is C9H11NO3. The third kappa shape index (κ3) is 2.43. The predicted molar refractivity (Wildman–Crippen MR) is 48.7 cm³/mol. The SMILES string of the molecule is CCc1ccc(/C=C(/C)[N+](=O)[O-])o1. The van der Waals surface area contributed by atoms with Gasteiger partial charge in [-0.25, -0.2) is 0 Å². The highest BCUT2D eigenvalue weighted by atomic mass is 16.6. The zero-order valence-corrected chi connectivity index (χ0v) is 7.61. The molecule has 1 aromatic rings. The van der Waals surface area contributed by atoms with Gasteiger partial charge in [0, 0.05) is 13.3 Å². The van der Waals surface area contributed by atoms with Crippen LogP contribution in [0.3, 0.4) is 0 Å². The summed E-state index contributed by atoms with van der Waals surface area (Å²) in [6.45, 7) is 3.40. The maximum absolute atomic E-state index is 10.3. The molecule has 0 radical (unpaired) electrons. The Morgan fingerprint density at radius 1 is 1.69 bits per heavy atom. The van der Waals surface area contributed by atoms with Gasteiger partial charge >= 0.3 is 0 Å². The Hall–Kier alpha value is -1.58. The van der Waals surface area contributed by atoms with Crippen LogP contribution in [0.25, 0.3) is 6.08 Å². The number of nitrogens with zero attached hydrogens (tertiary/aromatic N) is 1. The number of rotatable bonds is 3. The van der Waals surface area contributed by atoms with Crippen LogP contribution in [0.15, 0.2) is 22.2 Å². The Labute approximate surface area is 76.0 Å². The molecule has 0 aliphatic heterocycles. The molecule has 1 aromatic heterocycles. The number of furan rings is 1. The molecule has 0 amide bonds. The first kappa shape index (κ1) is 9.51. The van der Waals surface area contributed by atoms with Gasteiger partial charge in [-0.3, -0.25) is 10.1 Å². The molecule has 0 aliphatic carbocycles. The van der Waals surface area contributed by atoms with Gasteiger partial charge in [0.1, 0.15) is 11.5 Å². The van der Waals surface area contributed by atoms with Gasteiger partial charge in [-0.15, -0.1) is 0 Å². The molecule has 0 saturated heterocycles. The molecule has 4 heteroatoms. The van der Waals surface area contributed by atoms with Crippen molar-refractivity contribution in [3.63, 3.8) is 0 Å². The summed E-state index contributed by atoms with van der Waals surface area (Å²) in [5, 5.41) is 10.3. The van der Waals surface area contributed by atoms with Crippen molar-refractivity contribution in [1.82, 2.24) is 0 Å². The van der Waals surface area contributed by atoms with Gasteiger partial charge < -0.3 is 4.42 Å². The molecule has 0 saturated carbocycles. The standard InChI is InChI=1S/C9H11NO3/c1-3-8-4-5-9(13-8)6-7(2)10(11)12/h4-6H,3H2,1-2H3/b7-6-. The lowest BCUT2D eigenvalue weighted by molar-refractivity contribution is -0.422. The molecule has 0 atom stereocenters. The molecule has 0 aromatic carbocycles. The Balaban J connectivity index is 2.84. The Morgan fingerprint density at radius 2 is 2.38 bits per heavy atom. The molecule has 1 heterocycles. The normalized spacial score (nSPS) is 11.7. The highest BCUT2D eigenvalue weighted by molar-refractivity contribution is 5.44. The first-order chi connectivity index (χ1) is 6.13. The first-order valence-corrected chi connectivity index (χ1v) is 4.05. The van der Waals surface area contributed by atoms with Crippen molar-refractivity contribution in [3.8, 4) is 0 Å². The molecule has 0 unspecified atom stereocenters. The number of hydrogen-bond donors (Lipinski definition) is 0. The van der Waals surface area contributed by atoms with Crippen molar-refractivity contribution in [3.05, 3.63) is 39.5 Å². The van der Waals surface area contributed by atoms with Gasteiger partial charge in [0.05, 0.1) is 11.0 Å². The molecule has 4 nitrogen and oxygen atoms in total. The second-order valence-electron chi connectivity index (χ2n) is 2.70. The number of hydrogen-bond acceptors (Lipinski definition) is 3. The largest absolute Gasteiger partial charge is 0.461 e. The average Bonchev–Trinajstić information content (AvgIpc) is 2.52. The van der Waals surface area contributed by atoms with E-state index in [0.29, 0.717) is 5.76 Å². The summed E-state index contributed by atoms with van der Waals surface area (Å²) in [4.78, 5) is 9.84. The van der Waals surface area contributed by atoms with E-state index in [4.69, 9.17) is 4.42 Å². The van der Waals surface area contributed by atoms with E-state index >= 15 is 0 Å². The summed E-state index contributed by atoms with van der Waals surface area (Å²) in [6, 6.07) is 3.55. The summed E-state index contributed by atoms with van der Waals surface area (Å²) < 4.78 is 5.27. The van der Waals surface area contributed by atoms with Crippen molar-refractivity contribution >= 4 is 6.08 Å². The van der Waals surface area contributed by atoms with Crippen molar-refractivity contribution in [2.24, 2.45) is 0 Å².